The minimum absolute atomic E-state index is 0.0152. The second kappa shape index (κ2) is 8.99. The molecular formula is C25H22F2O3. The molecule has 0 aliphatic carbocycles. The maximum atomic E-state index is 14.0. The molecule has 3 aromatic rings. The van der Waals surface area contributed by atoms with Gasteiger partial charge in [-0.1, -0.05) is 48.5 Å². The lowest BCUT2D eigenvalue weighted by molar-refractivity contribution is 0.171. The second-order valence-corrected chi connectivity index (χ2v) is 7.04. The van der Waals surface area contributed by atoms with E-state index in [0.29, 0.717) is 36.0 Å². The number of rotatable bonds is 6. The fourth-order valence-corrected chi connectivity index (χ4v) is 3.69. The zero-order chi connectivity index (χ0) is 20.9. The van der Waals surface area contributed by atoms with Gasteiger partial charge in [-0.15, -0.1) is 0 Å². The first kappa shape index (κ1) is 20.0. The summed E-state index contributed by atoms with van der Waals surface area (Å²) in [5, 5.41) is 0. The number of methoxy groups -OCH3 is 1. The summed E-state index contributed by atoms with van der Waals surface area (Å²) >= 11 is 0. The van der Waals surface area contributed by atoms with Gasteiger partial charge in [0, 0.05) is 11.5 Å². The Balaban J connectivity index is 1.73. The molecule has 154 valence electrons. The van der Waals surface area contributed by atoms with Crippen LogP contribution < -0.4 is 14.2 Å². The van der Waals surface area contributed by atoms with Crippen LogP contribution in [-0.2, 0) is 0 Å². The summed E-state index contributed by atoms with van der Waals surface area (Å²) in [4.78, 5) is 0. The highest BCUT2D eigenvalue weighted by atomic mass is 19.3. The summed E-state index contributed by atoms with van der Waals surface area (Å²) < 4.78 is 44.5. The first-order valence-corrected chi connectivity index (χ1v) is 9.79. The van der Waals surface area contributed by atoms with E-state index in [1.807, 2.05) is 48.5 Å². The molecule has 4 rings (SSSR count). The Labute approximate surface area is 174 Å². The normalized spacial score (nSPS) is 13.4. The number of allylic oxidation sites excluding steroid dienone is 1. The first-order valence-electron chi connectivity index (χ1n) is 9.79. The lowest BCUT2D eigenvalue weighted by Gasteiger charge is -2.23. The Morgan fingerprint density at radius 1 is 0.867 bits per heavy atom. The molecule has 0 N–H and O–H groups in total. The van der Waals surface area contributed by atoms with Crippen molar-refractivity contribution in [2.24, 2.45) is 0 Å². The Bertz CT molecular complexity index is 1030. The van der Waals surface area contributed by atoms with Gasteiger partial charge in [-0.2, -0.15) is 8.78 Å². The molecule has 3 nitrogen and oxygen atoms in total. The molecular weight excluding hydrogens is 386 g/mol. The topological polar surface area (TPSA) is 27.7 Å². The van der Waals surface area contributed by atoms with Crippen LogP contribution in [0.25, 0.3) is 5.57 Å². The van der Waals surface area contributed by atoms with E-state index in [2.05, 4.69) is 0 Å². The van der Waals surface area contributed by atoms with E-state index in [0.717, 1.165) is 11.1 Å². The Morgan fingerprint density at radius 2 is 1.57 bits per heavy atom. The largest absolute Gasteiger partial charge is 0.497 e. The van der Waals surface area contributed by atoms with Gasteiger partial charge < -0.3 is 14.2 Å². The molecule has 0 spiro atoms. The van der Waals surface area contributed by atoms with Crippen molar-refractivity contribution >= 4 is 5.57 Å². The second-order valence-electron chi connectivity index (χ2n) is 7.04. The third-order valence-corrected chi connectivity index (χ3v) is 5.25. The van der Waals surface area contributed by atoms with Crippen LogP contribution in [0.15, 0.2) is 78.9 Å². The average molecular weight is 408 g/mol. The van der Waals surface area contributed by atoms with E-state index in [4.69, 9.17) is 14.2 Å². The average Bonchev–Trinajstić information content (AvgIpc) is 2.80. The van der Waals surface area contributed by atoms with E-state index >= 15 is 0 Å². The zero-order valence-corrected chi connectivity index (χ0v) is 16.6. The van der Waals surface area contributed by atoms with Gasteiger partial charge in [0.05, 0.1) is 7.11 Å². The number of ether oxygens (including phenoxy) is 3. The van der Waals surface area contributed by atoms with Crippen molar-refractivity contribution in [1.82, 2.24) is 0 Å². The summed E-state index contributed by atoms with van der Waals surface area (Å²) in [5.41, 5.74) is 2.36. The highest BCUT2D eigenvalue weighted by Gasteiger charge is 2.22. The molecule has 1 aliphatic rings. The number of halogens is 2. The summed E-state index contributed by atoms with van der Waals surface area (Å²) in [6.45, 7) is 0.981. The molecule has 1 heterocycles. The molecule has 0 radical (unpaired) electrons. The number of fused-ring (bicyclic) bond motifs is 1. The van der Waals surface area contributed by atoms with Crippen molar-refractivity contribution in [3.63, 3.8) is 0 Å². The molecule has 1 atom stereocenters. The summed E-state index contributed by atoms with van der Waals surface area (Å²) in [5.74, 6) is 1.69. The molecule has 5 heteroatoms. The smallest absolute Gasteiger partial charge is 0.274 e. The maximum absolute atomic E-state index is 14.0. The van der Waals surface area contributed by atoms with Crippen molar-refractivity contribution in [2.75, 3.05) is 20.3 Å². The Kier molecular flexibility index (Phi) is 5.98. The van der Waals surface area contributed by atoms with Crippen LogP contribution in [0, 0.1) is 0 Å². The fraction of sp³-hybridized carbons (Fsp3) is 0.200. The molecule has 0 aromatic heterocycles. The van der Waals surface area contributed by atoms with Crippen molar-refractivity contribution in [3.8, 4) is 17.2 Å². The van der Waals surface area contributed by atoms with E-state index in [1.165, 1.54) is 0 Å². The van der Waals surface area contributed by atoms with Crippen LogP contribution >= 0.6 is 0 Å². The standard InChI is InChI=1S/C25H22F2O3/c1-28-20-10-7-18(8-11-20)22(25(26)27)16-21(17-5-3-2-4-6-17)19-9-12-23-24(15-19)30-14-13-29-23/h2-12,15,21H,13-14,16H2,1H3. The third kappa shape index (κ3) is 4.30. The van der Waals surface area contributed by atoms with Crippen LogP contribution in [0.2, 0.25) is 0 Å². The van der Waals surface area contributed by atoms with Crippen molar-refractivity contribution in [2.45, 2.75) is 12.3 Å². The van der Waals surface area contributed by atoms with Crippen molar-refractivity contribution < 1.29 is 23.0 Å². The molecule has 0 saturated heterocycles. The molecule has 0 amide bonds. The van der Waals surface area contributed by atoms with Gasteiger partial charge in [0.15, 0.2) is 11.5 Å². The van der Waals surface area contributed by atoms with Crippen LogP contribution in [0.4, 0.5) is 8.78 Å². The minimum Gasteiger partial charge on any atom is -0.497 e. The van der Waals surface area contributed by atoms with Gasteiger partial charge in [-0.25, -0.2) is 0 Å². The highest BCUT2D eigenvalue weighted by molar-refractivity contribution is 5.68. The number of hydrogen-bond acceptors (Lipinski definition) is 3. The Morgan fingerprint density at radius 3 is 2.23 bits per heavy atom. The molecule has 1 unspecified atom stereocenters. The fourth-order valence-electron chi connectivity index (χ4n) is 3.69. The highest BCUT2D eigenvalue weighted by Crippen LogP contribution is 2.40. The van der Waals surface area contributed by atoms with E-state index in [-0.39, 0.29) is 17.9 Å². The number of benzene rings is 3. The minimum atomic E-state index is -1.68. The van der Waals surface area contributed by atoms with Crippen LogP contribution in [0.1, 0.15) is 29.0 Å². The van der Waals surface area contributed by atoms with Gasteiger partial charge in [0.1, 0.15) is 19.0 Å². The van der Waals surface area contributed by atoms with Gasteiger partial charge >= 0.3 is 0 Å². The lowest BCUT2D eigenvalue weighted by Crippen LogP contribution is -2.15. The van der Waals surface area contributed by atoms with Gasteiger partial charge in [-0.05, 0) is 47.4 Å². The van der Waals surface area contributed by atoms with E-state index in [9.17, 15) is 8.78 Å². The monoisotopic (exact) mass is 408 g/mol. The SMILES string of the molecule is COc1ccc(C(CC(c2ccccc2)c2ccc3c(c2)OCCO3)=C(F)F)cc1. The molecule has 1 aliphatic heterocycles. The molecule has 0 saturated carbocycles. The van der Waals surface area contributed by atoms with Gasteiger partial charge in [-0.3, -0.25) is 0 Å². The summed E-state index contributed by atoms with van der Waals surface area (Å²) in [7, 11) is 1.55. The lowest BCUT2D eigenvalue weighted by atomic mass is 9.84. The quantitative estimate of drug-likeness (QED) is 0.479. The van der Waals surface area contributed by atoms with Crippen LogP contribution in [-0.4, -0.2) is 20.3 Å². The molecule has 0 bridgehead atoms. The summed E-state index contributed by atoms with van der Waals surface area (Å²) in [6.07, 6.45) is -1.53. The van der Waals surface area contributed by atoms with E-state index < -0.39 is 6.08 Å². The third-order valence-electron chi connectivity index (χ3n) is 5.25. The maximum Gasteiger partial charge on any atom is 0.274 e. The van der Waals surface area contributed by atoms with Crippen molar-refractivity contribution in [1.29, 1.82) is 0 Å². The van der Waals surface area contributed by atoms with Gasteiger partial charge in [0.2, 0.25) is 0 Å². The zero-order valence-electron chi connectivity index (χ0n) is 16.6. The molecule has 3 aromatic carbocycles. The Hall–Kier alpha value is -3.34. The van der Waals surface area contributed by atoms with Crippen LogP contribution in [0.3, 0.4) is 0 Å². The molecule has 30 heavy (non-hydrogen) atoms. The predicted octanol–water partition coefficient (Wildman–Crippen LogP) is 6.30. The van der Waals surface area contributed by atoms with E-state index in [1.54, 1.807) is 31.4 Å². The van der Waals surface area contributed by atoms with Crippen LogP contribution in [0.5, 0.6) is 17.2 Å². The van der Waals surface area contributed by atoms with Gasteiger partial charge in [0.25, 0.3) is 6.08 Å². The molecule has 0 fully saturated rings. The predicted molar refractivity (Wildman–Crippen MR) is 112 cm³/mol. The summed E-state index contributed by atoms with van der Waals surface area (Å²) in [6, 6.07) is 22.1. The first-order chi connectivity index (χ1) is 14.7. The van der Waals surface area contributed by atoms with Crippen molar-refractivity contribution in [3.05, 3.63) is 95.6 Å². The number of hydrogen-bond donors (Lipinski definition) is 0.